The van der Waals surface area contributed by atoms with Gasteiger partial charge in [-0.1, -0.05) is 15.9 Å². The molecule has 0 fully saturated rings. The van der Waals surface area contributed by atoms with E-state index in [1.165, 1.54) is 6.07 Å². The molecule has 14 heavy (non-hydrogen) atoms. The number of nitrogens with two attached hydrogens (primary N) is 2. The highest BCUT2D eigenvalue weighted by molar-refractivity contribution is 9.10. The number of hydrogen-bond donors (Lipinski definition) is 3. The molecule has 0 aromatic heterocycles. The van der Waals surface area contributed by atoms with Crippen LogP contribution in [0.3, 0.4) is 0 Å². The van der Waals surface area contributed by atoms with Gasteiger partial charge < -0.3 is 16.6 Å². The van der Waals surface area contributed by atoms with E-state index in [4.69, 9.17) is 11.5 Å². The van der Waals surface area contributed by atoms with Crippen LogP contribution in [0.5, 0.6) is 5.75 Å². The van der Waals surface area contributed by atoms with E-state index in [2.05, 4.69) is 15.9 Å². The lowest BCUT2D eigenvalue weighted by atomic mass is 10.0. The molecule has 0 heterocycles. The van der Waals surface area contributed by atoms with Gasteiger partial charge in [-0.05, 0) is 25.1 Å². The molecule has 0 aliphatic rings. The molecule has 0 unspecified atom stereocenters. The van der Waals surface area contributed by atoms with E-state index in [0.29, 0.717) is 23.0 Å². The first-order valence-electron chi connectivity index (χ1n) is 4.19. The quantitative estimate of drug-likeness (QED) is 0.776. The van der Waals surface area contributed by atoms with Crippen LogP contribution in [0.2, 0.25) is 0 Å². The highest BCUT2D eigenvalue weighted by atomic mass is 79.9. The molecule has 1 atom stereocenters. The van der Waals surface area contributed by atoms with Crippen molar-refractivity contribution in [2.75, 3.05) is 6.54 Å². The van der Waals surface area contributed by atoms with Crippen LogP contribution >= 0.6 is 15.9 Å². The summed E-state index contributed by atoms with van der Waals surface area (Å²) in [4.78, 5) is 0. The van der Waals surface area contributed by atoms with Crippen molar-refractivity contribution in [1.29, 1.82) is 0 Å². The third kappa shape index (κ3) is 2.43. The second kappa shape index (κ2) is 4.72. The molecule has 0 aliphatic carbocycles. The van der Waals surface area contributed by atoms with Crippen LogP contribution in [0.1, 0.15) is 18.0 Å². The van der Waals surface area contributed by atoms with Crippen molar-refractivity contribution >= 4 is 15.9 Å². The molecule has 0 saturated heterocycles. The van der Waals surface area contributed by atoms with Gasteiger partial charge in [-0.2, -0.15) is 0 Å². The minimum atomic E-state index is -0.679. The van der Waals surface area contributed by atoms with Crippen molar-refractivity contribution in [2.45, 2.75) is 12.5 Å². The van der Waals surface area contributed by atoms with E-state index >= 15 is 0 Å². The van der Waals surface area contributed by atoms with Crippen LogP contribution in [0.15, 0.2) is 16.6 Å². The number of rotatable bonds is 3. The van der Waals surface area contributed by atoms with Gasteiger partial charge in [0.15, 0.2) is 11.6 Å². The van der Waals surface area contributed by atoms with Crippen LogP contribution in [-0.4, -0.2) is 11.7 Å². The van der Waals surface area contributed by atoms with Gasteiger partial charge >= 0.3 is 0 Å². The van der Waals surface area contributed by atoms with Gasteiger partial charge in [0.05, 0.1) is 0 Å². The van der Waals surface area contributed by atoms with Crippen LogP contribution in [0.4, 0.5) is 4.39 Å². The summed E-state index contributed by atoms with van der Waals surface area (Å²) in [5, 5.41) is 9.40. The number of halogens is 2. The predicted octanol–water partition coefficient (Wildman–Crippen LogP) is 1.64. The Morgan fingerprint density at radius 1 is 1.50 bits per heavy atom. The molecule has 5 heteroatoms. The predicted molar refractivity (Wildman–Crippen MR) is 56.4 cm³/mol. The fourth-order valence-electron chi connectivity index (χ4n) is 1.20. The van der Waals surface area contributed by atoms with E-state index < -0.39 is 17.6 Å². The first-order valence-corrected chi connectivity index (χ1v) is 4.99. The lowest BCUT2D eigenvalue weighted by Gasteiger charge is -2.13. The summed E-state index contributed by atoms with van der Waals surface area (Å²) in [6, 6.07) is 2.35. The van der Waals surface area contributed by atoms with Gasteiger partial charge in [-0.15, -0.1) is 0 Å². The Morgan fingerprint density at radius 3 is 2.71 bits per heavy atom. The number of phenolic OH excluding ortho intramolecular Hbond substituents is 1. The highest BCUT2D eigenvalue weighted by Crippen LogP contribution is 2.30. The van der Waals surface area contributed by atoms with E-state index in [-0.39, 0.29) is 0 Å². The Hall–Kier alpha value is -0.650. The maximum absolute atomic E-state index is 13.1. The Balaban J connectivity index is 3.07. The summed E-state index contributed by atoms with van der Waals surface area (Å²) in [6.45, 7) is 0.398. The molecule has 1 aromatic carbocycles. The van der Waals surface area contributed by atoms with Crippen molar-refractivity contribution in [3.05, 3.63) is 28.0 Å². The molecule has 0 aliphatic heterocycles. The molecule has 0 radical (unpaired) electrons. The van der Waals surface area contributed by atoms with Crippen LogP contribution in [-0.2, 0) is 0 Å². The summed E-state index contributed by atoms with van der Waals surface area (Å²) in [5.41, 5.74) is 11.4. The summed E-state index contributed by atoms with van der Waals surface area (Å²) < 4.78 is 13.6. The SMILES string of the molecule is NCC[C@H](N)c1cc(Br)cc(F)c1O. The van der Waals surface area contributed by atoms with Crippen molar-refractivity contribution in [2.24, 2.45) is 11.5 Å². The van der Waals surface area contributed by atoms with Crippen molar-refractivity contribution in [1.82, 2.24) is 0 Å². The monoisotopic (exact) mass is 262 g/mol. The zero-order valence-corrected chi connectivity index (χ0v) is 9.09. The van der Waals surface area contributed by atoms with Gasteiger partial charge in [0.2, 0.25) is 0 Å². The van der Waals surface area contributed by atoms with Crippen molar-refractivity contribution in [3.8, 4) is 5.75 Å². The van der Waals surface area contributed by atoms with E-state index in [1.54, 1.807) is 6.07 Å². The van der Waals surface area contributed by atoms with Crippen LogP contribution in [0.25, 0.3) is 0 Å². The van der Waals surface area contributed by atoms with Crippen LogP contribution in [0, 0.1) is 5.82 Å². The largest absolute Gasteiger partial charge is 0.505 e. The lowest BCUT2D eigenvalue weighted by Crippen LogP contribution is -2.15. The normalized spacial score (nSPS) is 12.9. The molecule has 0 saturated carbocycles. The van der Waals surface area contributed by atoms with Gasteiger partial charge in [-0.25, -0.2) is 4.39 Å². The summed E-state index contributed by atoms with van der Waals surface area (Å²) in [6.07, 6.45) is 0.503. The fraction of sp³-hybridized carbons (Fsp3) is 0.333. The van der Waals surface area contributed by atoms with Crippen LogP contribution < -0.4 is 11.5 Å². The van der Waals surface area contributed by atoms with Gasteiger partial charge in [0.25, 0.3) is 0 Å². The van der Waals surface area contributed by atoms with Gasteiger partial charge in [0, 0.05) is 16.1 Å². The molecule has 0 spiro atoms. The number of phenols is 1. The Bertz CT molecular complexity index is 333. The molecular formula is C9H12BrFN2O. The molecule has 0 amide bonds. The third-order valence-corrected chi connectivity index (χ3v) is 2.39. The zero-order chi connectivity index (χ0) is 10.7. The summed E-state index contributed by atoms with van der Waals surface area (Å²) >= 11 is 3.13. The summed E-state index contributed by atoms with van der Waals surface area (Å²) in [7, 11) is 0. The molecular weight excluding hydrogens is 251 g/mol. The third-order valence-electron chi connectivity index (χ3n) is 1.93. The highest BCUT2D eigenvalue weighted by Gasteiger charge is 2.14. The molecule has 5 N–H and O–H groups in total. The molecule has 1 rings (SSSR count). The van der Waals surface area contributed by atoms with Crippen molar-refractivity contribution in [3.63, 3.8) is 0 Å². The fourth-order valence-corrected chi connectivity index (χ4v) is 1.65. The molecule has 3 nitrogen and oxygen atoms in total. The second-order valence-corrected chi connectivity index (χ2v) is 3.92. The van der Waals surface area contributed by atoms with E-state index in [1.807, 2.05) is 0 Å². The first kappa shape index (κ1) is 11.4. The maximum atomic E-state index is 13.1. The minimum absolute atomic E-state index is 0.377. The zero-order valence-electron chi connectivity index (χ0n) is 7.50. The lowest BCUT2D eigenvalue weighted by molar-refractivity contribution is 0.418. The smallest absolute Gasteiger partial charge is 0.166 e. The average molecular weight is 263 g/mol. The standard InChI is InChI=1S/C9H12BrFN2O/c10-5-3-6(8(13)1-2-12)9(14)7(11)4-5/h3-4,8,14H,1-2,12-13H2/t8-/m0/s1. The second-order valence-electron chi connectivity index (χ2n) is 3.01. The number of aromatic hydroxyl groups is 1. The van der Waals surface area contributed by atoms with Gasteiger partial charge in [0.1, 0.15) is 0 Å². The Morgan fingerprint density at radius 2 is 2.14 bits per heavy atom. The molecule has 1 aromatic rings. The summed E-state index contributed by atoms with van der Waals surface area (Å²) in [5.74, 6) is -1.07. The molecule has 78 valence electrons. The van der Waals surface area contributed by atoms with Crippen molar-refractivity contribution < 1.29 is 9.50 Å². The Kier molecular flexibility index (Phi) is 3.86. The Labute approximate surface area is 90.0 Å². The van der Waals surface area contributed by atoms with E-state index in [0.717, 1.165) is 0 Å². The maximum Gasteiger partial charge on any atom is 0.166 e. The first-order chi connectivity index (χ1) is 6.56. The molecule has 0 bridgehead atoms. The number of benzene rings is 1. The topological polar surface area (TPSA) is 72.3 Å². The van der Waals surface area contributed by atoms with Gasteiger partial charge in [-0.3, -0.25) is 0 Å². The minimum Gasteiger partial charge on any atom is -0.505 e. The average Bonchev–Trinajstić information content (AvgIpc) is 2.11. The number of hydrogen-bond acceptors (Lipinski definition) is 3. The van der Waals surface area contributed by atoms with E-state index in [9.17, 15) is 9.50 Å².